The average Bonchev–Trinajstić information content (AvgIpc) is 1.83. The van der Waals surface area contributed by atoms with Crippen molar-refractivity contribution in [3.8, 4) is 0 Å². The van der Waals surface area contributed by atoms with Crippen LogP contribution < -0.4 is 0 Å². The molecule has 1 aliphatic rings. The second-order valence-electron chi connectivity index (χ2n) is 3.93. The molecular weight excluding hydrogens is 139 g/mol. The van der Waals surface area contributed by atoms with Crippen molar-refractivity contribution < 1.29 is 0 Å². The summed E-state index contributed by atoms with van der Waals surface area (Å²) in [7, 11) is 2.89. The summed E-state index contributed by atoms with van der Waals surface area (Å²) in [5, 5.41) is 1.54. The van der Waals surface area contributed by atoms with Gasteiger partial charge in [0.1, 0.15) is 0 Å². The van der Waals surface area contributed by atoms with Crippen LogP contribution in [0.4, 0.5) is 0 Å². The lowest BCUT2D eigenvalue weighted by Crippen LogP contribution is -2.16. The summed E-state index contributed by atoms with van der Waals surface area (Å²) >= 11 is 0. The van der Waals surface area contributed by atoms with Crippen LogP contribution in [0, 0.1) is 5.41 Å². The molecule has 58 valence electrons. The average molecular weight is 156 g/mol. The van der Waals surface area contributed by atoms with E-state index >= 15 is 0 Å². The predicted octanol–water partition coefficient (Wildman–Crippen LogP) is 3.35. The first-order valence-corrected chi connectivity index (χ1v) is 4.57. The van der Waals surface area contributed by atoms with Crippen LogP contribution in [0.5, 0.6) is 0 Å². The normalized spacial score (nSPS) is 25.2. The maximum absolute atomic E-state index is 2.89. The van der Waals surface area contributed by atoms with Gasteiger partial charge in [0.25, 0.3) is 0 Å². The van der Waals surface area contributed by atoms with Crippen molar-refractivity contribution in [3.05, 3.63) is 10.9 Å². The molecule has 1 rings (SSSR count). The molecule has 0 saturated heterocycles. The van der Waals surface area contributed by atoms with Gasteiger partial charge in [-0.15, -0.1) is 9.24 Å². The molecule has 0 aromatic rings. The first-order valence-electron chi connectivity index (χ1n) is 4.00. The Morgan fingerprint density at radius 1 is 1.40 bits per heavy atom. The molecule has 0 aliphatic heterocycles. The topological polar surface area (TPSA) is 0 Å². The standard InChI is InChI=1S/C9H17P/c1-7-5-4-6-9(2,3)8(7)10/h4-6,10H2,1-3H3. The van der Waals surface area contributed by atoms with E-state index in [1.165, 1.54) is 19.3 Å². The van der Waals surface area contributed by atoms with Gasteiger partial charge in [0.15, 0.2) is 0 Å². The van der Waals surface area contributed by atoms with Crippen LogP contribution in [0.25, 0.3) is 0 Å². The Kier molecular flexibility index (Phi) is 2.20. The Bertz CT molecular complexity index is 166. The van der Waals surface area contributed by atoms with Crippen molar-refractivity contribution in [3.63, 3.8) is 0 Å². The van der Waals surface area contributed by atoms with E-state index in [1.54, 1.807) is 10.9 Å². The smallest absolute Gasteiger partial charge is 0.0105 e. The summed E-state index contributed by atoms with van der Waals surface area (Å²) in [6.45, 7) is 6.92. The van der Waals surface area contributed by atoms with Crippen LogP contribution in [0.3, 0.4) is 0 Å². The Morgan fingerprint density at radius 3 is 2.40 bits per heavy atom. The second-order valence-corrected chi connectivity index (χ2v) is 4.51. The van der Waals surface area contributed by atoms with Gasteiger partial charge < -0.3 is 0 Å². The van der Waals surface area contributed by atoms with Crippen LogP contribution in [0.1, 0.15) is 40.0 Å². The molecular formula is C9H17P. The molecule has 0 bridgehead atoms. The van der Waals surface area contributed by atoms with E-state index < -0.39 is 0 Å². The van der Waals surface area contributed by atoms with Gasteiger partial charge in [-0.25, -0.2) is 0 Å². The van der Waals surface area contributed by atoms with Gasteiger partial charge in [-0.2, -0.15) is 0 Å². The molecule has 0 N–H and O–H groups in total. The first kappa shape index (κ1) is 8.27. The summed E-state index contributed by atoms with van der Waals surface area (Å²) in [5.74, 6) is 0. The third kappa shape index (κ3) is 1.42. The lowest BCUT2D eigenvalue weighted by molar-refractivity contribution is 0.389. The van der Waals surface area contributed by atoms with Gasteiger partial charge in [-0.05, 0) is 36.9 Å². The van der Waals surface area contributed by atoms with E-state index in [2.05, 4.69) is 30.0 Å². The Balaban J connectivity index is 2.89. The van der Waals surface area contributed by atoms with Crippen LogP contribution >= 0.6 is 9.24 Å². The maximum Gasteiger partial charge on any atom is -0.0105 e. The quantitative estimate of drug-likeness (QED) is 0.472. The minimum Gasteiger partial charge on any atom is -0.110 e. The van der Waals surface area contributed by atoms with Crippen molar-refractivity contribution >= 4 is 9.24 Å². The highest BCUT2D eigenvalue weighted by atomic mass is 31.0. The highest BCUT2D eigenvalue weighted by molar-refractivity contribution is 7.22. The zero-order chi connectivity index (χ0) is 7.78. The van der Waals surface area contributed by atoms with Crippen molar-refractivity contribution in [2.75, 3.05) is 0 Å². The number of hydrogen-bond acceptors (Lipinski definition) is 0. The Hall–Kier alpha value is 0.170. The number of rotatable bonds is 0. The van der Waals surface area contributed by atoms with Crippen molar-refractivity contribution in [1.29, 1.82) is 0 Å². The lowest BCUT2D eigenvalue weighted by Gasteiger charge is -2.32. The fourth-order valence-corrected chi connectivity index (χ4v) is 1.93. The van der Waals surface area contributed by atoms with Crippen molar-refractivity contribution in [2.24, 2.45) is 5.41 Å². The van der Waals surface area contributed by atoms with Gasteiger partial charge in [-0.3, -0.25) is 0 Å². The second kappa shape index (κ2) is 2.66. The third-order valence-electron chi connectivity index (χ3n) is 2.54. The summed E-state index contributed by atoms with van der Waals surface area (Å²) in [6, 6.07) is 0. The molecule has 1 aliphatic carbocycles. The number of hydrogen-bond donors (Lipinski definition) is 0. The zero-order valence-electron chi connectivity index (χ0n) is 7.20. The molecule has 0 fully saturated rings. The van der Waals surface area contributed by atoms with Gasteiger partial charge in [0.2, 0.25) is 0 Å². The van der Waals surface area contributed by atoms with E-state index in [9.17, 15) is 0 Å². The van der Waals surface area contributed by atoms with Crippen LogP contribution in [0.15, 0.2) is 10.9 Å². The number of allylic oxidation sites excluding steroid dienone is 2. The molecule has 1 atom stereocenters. The molecule has 1 heteroatoms. The molecule has 10 heavy (non-hydrogen) atoms. The molecule has 0 spiro atoms. The largest absolute Gasteiger partial charge is 0.110 e. The van der Waals surface area contributed by atoms with E-state index in [1.807, 2.05) is 0 Å². The third-order valence-corrected chi connectivity index (χ3v) is 3.82. The molecule has 0 nitrogen and oxygen atoms in total. The highest BCUT2D eigenvalue weighted by Gasteiger charge is 2.24. The predicted molar refractivity (Wildman–Crippen MR) is 50.0 cm³/mol. The Morgan fingerprint density at radius 2 is 2.00 bits per heavy atom. The van der Waals surface area contributed by atoms with Gasteiger partial charge >= 0.3 is 0 Å². The SMILES string of the molecule is CC1=C(P)C(C)(C)CCC1. The van der Waals surface area contributed by atoms with Crippen molar-refractivity contribution in [2.45, 2.75) is 40.0 Å². The summed E-state index contributed by atoms with van der Waals surface area (Å²) in [6.07, 6.45) is 4.03. The minimum absolute atomic E-state index is 0.451. The Labute approximate surface area is 66.3 Å². The van der Waals surface area contributed by atoms with E-state index in [4.69, 9.17) is 0 Å². The summed E-state index contributed by atoms with van der Waals surface area (Å²) in [5.41, 5.74) is 2.04. The van der Waals surface area contributed by atoms with E-state index in [-0.39, 0.29) is 0 Å². The molecule has 0 aromatic carbocycles. The fraction of sp³-hybridized carbons (Fsp3) is 0.778. The zero-order valence-corrected chi connectivity index (χ0v) is 8.35. The summed E-state index contributed by atoms with van der Waals surface area (Å²) < 4.78 is 0. The van der Waals surface area contributed by atoms with Gasteiger partial charge in [0.05, 0.1) is 0 Å². The first-order chi connectivity index (χ1) is 4.54. The molecule has 0 radical (unpaired) electrons. The lowest BCUT2D eigenvalue weighted by atomic mass is 9.80. The molecule has 1 unspecified atom stereocenters. The van der Waals surface area contributed by atoms with Crippen LogP contribution in [-0.2, 0) is 0 Å². The van der Waals surface area contributed by atoms with E-state index in [0.29, 0.717) is 5.41 Å². The fourth-order valence-electron chi connectivity index (χ4n) is 1.64. The molecule has 0 aromatic heterocycles. The maximum atomic E-state index is 2.89. The van der Waals surface area contributed by atoms with Gasteiger partial charge in [0, 0.05) is 0 Å². The molecule has 0 saturated carbocycles. The van der Waals surface area contributed by atoms with E-state index in [0.717, 1.165) is 0 Å². The van der Waals surface area contributed by atoms with Gasteiger partial charge in [-0.1, -0.05) is 19.4 Å². The minimum atomic E-state index is 0.451. The molecule has 0 heterocycles. The summed E-state index contributed by atoms with van der Waals surface area (Å²) in [4.78, 5) is 0. The monoisotopic (exact) mass is 156 g/mol. The molecule has 0 amide bonds. The highest BCUT2D eigenvalue weighted by Crippen LogP contribution is 2.43. The van der Waals surface area contributed by atoms with Crippen LogP contribution in [0.2, 0.25) is 0 Å². The van der Waals surface area contributed by atoms with Crippen LogP contribution in [-0.4, -0.2) is 0 Å². The van der Waals surface area contributed by atoms with Crippen molar-refractivity contribution in [1.82, 2.24) is 0 Å².